The number of nitrogens with one attached hydrogen (secondary N) is 5. The summed E-state index contributed by atoms with van der Waals surface area (Å²) >= 11 is 3.95. The van der Waals surface area contributed by atoms with Gasteiger partial charge in [0.25, 0.3) is 0 Å². The molecular weight excluding hydrogens is 652 g/mol. The summed E-state index contributed by atoms with van der Waals surface area (Å²) in [6.07, 6.45) is -0.494. The largest absolute Gasteiger partial charge is 0.481 e. The molecule has 1 aliphatic rings. The maximum absolute atomic E-state index is 13.7. The van der Waals surface area contributed by atoms with E-state index in [1.54, 1.807) is 27.7 Å². The third-order valence-electron chi connectivity index (χ3n) is 7.79. The van der Waals surface area contributed by atoms with Crippen LogP contribution in [-0.2, 0) is 38.4 Å². The first-order valence-corrected chi connectivity index (χ1v) is 16.2. The fraction of sp³-hybridized carbons (Fsp3) is 0.667. The van der Waals surface area contributed by atoms with Crippen LogP contribution in [0.5, 0.6) is 0 Å². The molecule has 5 amide bonds. The molecular formula is C30H48N6O11S. The zero-order valence-corrected chi connectivity index (χ0v) is 28.7. The Kier molecular flexibility index (Phi) is 16.9. The topological polar surface area (TPSA) is 261 Å². The van der Waals surface area contributed by atoms with Crippen LogP contribution in [-0.4, -0.2) is 116 Å². The zero-order valence-electron chi connectivity index (χ0n) is 27.8. The first-order chi connectivity index (χ1) is 22.3. The number of nitrogens with zero attached hydrogens (tertiary/aromatic N) is 1. The maximum atomic E-state index is 13.7. The van der Waals surface area contributed by atoms with Crippen LogP contribution >= 0.6 is 12.6 Å². The maximum Gasteiger partial charge on any atom is 0.327 e. The van der Waals surface area contributed by atoms with Gasteiger partial charge < -0.3 is 46.8 Å². The number of hydrogen-bond donors (Lipinski definition) is 9. The van der Waals surface area contributed by atoms with Crippen LogP contribution in [0.3, 0.4) is 0 Å². The molecule has 270 valence electrons. The highest BCUT2D eigenvalue weighted by atomic mass is 32.1. The van der Waals surface area contributed by atoms with Crippen molar-refractivity contribution >= 4 is 60.1 Å². The minimum atomic E-state index is -1.70. The lowest BCUT2D eigenvalue weighted by Gasteiger charge is -2.33. The molecule has 1 aliphatic heterocycles. The van der Waals surface area contributed by atoms with E-state index in [4.69, 9.17) is 0 Å². The molecule has 0 radical (unpaired) electrons. The number of rotatable bonds is 20. The third-order valence-corrected chi connectivity index (χ3v) is 8.15. The highest BCUT2D eigenvalue weighted by Crippen LogP contribution is 2.21. The van der Waals surface area contributed by atoms with Gasteiger partial charge in [-0.3, -0.25) is 33.6 Å². The Balaban J connectivity index is 3.23. The van der Waals surface area contributed by atoms with Gasteiger partial charge in [-0.05, 0) is 31.6 Å². The Labute approximate surface area is 284 Å². The van der Waals surface area contributed by atoms with Gasteiger partial charge in [-0.15, -0.1) is 0 Å². The first kappa shape index (κ1) is 41.7. The number of likely N-dealkylation sites (tertiary alicyclic amines) is 1. The molecule has 0 aromatic heterocycles. The number of carbonyl (C=O) groups excluding carboxylic acids is 5. The van der Waals surface area contributed by atoms with Crippen LogP contribution in [0.4, 0.5) is 0 Å². The van der Waals surface area contributed by atoms with Crippen LogP contribution in [0.25, 0.3) is 0 Å². The lowest BCUT2D eigenvalue weighted by atomic mass is 9.95. The second-order valence-corrected chi connectivity index (χ2v) is 12.5. The molecule has 8 N–H and O–H groups in total. The fourth-order valence-corrected chi connectivity index (χ4v) is 5.23. The fourth-order valence-electron chi connectivity index (χ4n) is 4.99. The van der Waals surface area contributed by atoms with Crippen molar-refractivity contribution in [1.82, 2.24) is 31.5 Å². The van der Waals surface area contributed by atoms with Crippen molar-refractivity contribution < 1.29 is 53.7 Å². The Morgan fingerprint density at radius 2 is 1.31 bits per heavy atom. The lowest BCUT2D eigenvalue weighted by Crippen LogP contribution is -2.61. The summed E-state index contributed by atoms with van der Waals surface area (Å²) in [6, 6.07) is -7.77. The van der Waals surface area contributed by atoms with Crippen molar-refractivity contribution in [2.45, 2.75) is 103 Å². The highest BCUT2D eigenvalue weighted by molar-refractivity contribution is 7.80. The summed E-state index contributed by atoms with van der Waals surface area (Å²) < 4.78 is 0. The van der Waals surface area contributed by atoms with Crippen LogP contribution < -0.4 is 26.6 Å². The molecule has 0 unspecified atom stereocenters. The second-order valence-electron chi connectivity index (χ2n) is 12.1. The predicted octanol–water partition coefficient (Wildman–Crippen LogP) is -0.926. The number of hydrogen-bond acceptors (Lipinski definition) is 10. The van der Waals surface area contributed by atoms with Gasteiger partial charge >= 0.3 is 17.9 Å². The van der Waals surface area contributed by atoms with Crippen molar-refractivity contribution in [3.63, 3.8) is 0 Å². The average Bonchev–Trinajstić information content (AvgIpc) is 3.48. The summed E-state index contributed by atoms with van der Waals surface area (Å²) in [5, 5.41) is 40.2. The zero-order chi connectivity index (χ0) is 36.9. The minimum absolute atomic E-state index is 0.166. The monoisotopic (exact) mass is 700 g/mol. The van der Waals surface area contributed by atoms with Gasteiger partial charge in [-0.1, -0.05) is 40.7 Å². The number of thiol groups is 1. The average molecular weight is 701 g/mol. The number of amides is 5. The summed E-state index contributed by atoms with van der Waals surface area (Å²) in [5.41, 5.74) is 0.251. The molecule has 0 saturated carbocycles. The summed E-state index contributed by atoms with van der Waals surface area (Å²) in [4.78, 5) is 102. The SMILES string of the molecule is C=C(C)N[C@@H](CC(=O)O)C(=O)N[C@H](CC(=O)O)C(=O)N[C@H](C(=O)N[C@H](C(=O)N1CCC[C@H]1C(=O)N[C@@H](CS)C(=O)O)C(C)C)[C@@H](C)CC. The van der Waals surface area contributed by atoms with Crippen molar-refractivity contribution in [1.29, 1.82) is 0 Å². The standard InChI is InChI=1S/C30H48N6O11S/c1-7-16(6)24(35-26(42)18(12-22(39)40)32-25(41)17(11-21(37)38)31-15(4)5)28(44)34-23(14(2)3)29(45)36-10-8-9-20(36)27(43)33-19(13-48)30(46)47/h14,16-20,23-24,31,48H,4,7-13H2,1-3,5-6H3,(H,32,41)(H,33,43)(H,34,44)(H,35,42)(H,37,38)(H,39,40)(H,46,47)/t16-,17-,18+,19-,20-,23-,24-/m0/s1. The van der Waals surface area contributed by atoms with Crippen LogP contribution in [0.1, 0.15) is 66.7 Å². The van der Waals surface area contributed by atoms with Crippen molar-refractivity contribution in [2.24, 2.45) is 11.8 Å². The molecule has 7 atom stereocenters. The number of carboxylic acids is 3. The van der Waals surface area contributed by atoms with Crippen LogP contribution in [0.2, 0.25) is 0 Å². The molecule has 17 nitrogen and oxygen atoms in total. The smallest absolute Gasteiger partial charge is 0.327 e. The van der Waals surface area contributed by atoms with E-state index >= 15 is 0 Å². The van der Waals surface area contributed by atoms with Crippen molar-refractivity contribution in [3.8, 4) is 0 Å². The normalized spacial score (nSPS) is 17.9. The Bertz CT molecular complexity index is 1230. The lowest BCUT2D eigenvalue weighted by molar-refractivity contribution is -0.145. The van der Waals surface area contributed by atoms with Crippen LogP contribution in [0, 0.1) is 11.8 Å². The Morgan fingerprint density at radius 3 is 1.77 bits per heavy atom. The van der Waals surface area contributed by atoms with E-state index in [2.05, 4.69) is 45.8 Å². The van der Waals surface area contributed by atoms with Gasteiger partial charge in [0.1, 0.15) is 36.3 Å². The molecule has 0 bridgehead atoms. The molecule has 0 aromatic carbocycles. The molecule has 1 fully saturated rings. The van der Waals surface area contributed by atoms with Gasteiger partial charge in [0, 0.05) is 18.0 Å². The molecule has 0 aliphatic carbocycles. The number of aliphatic carboxylic acids is 3. The predicted molar refractivity (Wildman–Crippen MR) is 174 cm³/mol. The summed E-state index contributed by atoms with van der Waals surface area (Å²) in [7, 11) is 0. The molecule has 1 saturated heterocycles. The molecule has 1 heterocycles. The molecule has 1 rings (SSSR count). The first-order valence-electron chi connectivity index (χ1n) is 15.6. The Hall–Kier alpha value is -4.35. The second kappa shape index (κ2) is 19.5. The Morgan fingerprint density at radius 1 is 0.792 bits per heavy atom. The molecule has 48 heavy (non-hydrogen) atoms. The number of carboxylic acid groups (broad SMARTS) is 3. The number of carbonyl (C=O) groups is 8. The molecule has 18 heteroatoms. The quantitative estimate of drug-likeness (QED) is 0.0699. The van der Waals surface area contributed by atoms with E-state index in [-0.39, 0.29) is 24.4 Å². The van der Waals surface area contributed by atoms with Crippen LogP contribution in [0.15, 0.2) is 12.3 Å². The van der Waals surface area contributed by atoms with Gasteiger partial charge in [0.05, 0.1) is 12.8 Å². The molecule has 0 spiro atoms. The van der Waals surface area contributed by atoms with E-state index in [0.717, 1.165) is 0 Å². The van der Waals surface area contributed by atoms with E-state index in [9.17, 15) is 53.7 Å². The van der Waals surface area contributed by atoms with E-state index < -0.39 is 108 Å². The van der Waals surface area contributed by atoms with E-state index in [1.807, 2.05) is 0 Å². The van der Waals surface area contributed by atoms with E-state index in [0.29, 0.717) is 12.8 Å². The van der Waals surface area contributed by atoms with Crippen molar-refractivity contribution in [2.75, 3.05) is 12.3 Å². The van der Waals surface area contributed by atoms with Gasteiger partial charge in [-0.2, -0.15) is 12.6 Å². The van der Waals surface area contributed by atoms with Gasteiger partial charge in [0.15, 0.2) is 0 Å². The van der Waals surface area contributed by atoms with Crippen molar-refractivity contribution in [3.05, 3.63) is 12.3 Å². The third kappa shape index (κ3) is 12.7. The van der Waals surface area contributed by atoms with Gasteiger partial charge in [0.2, 0.25) is 29.5 Å². The highest BCUT2D eigenvalue weighted by Gasteiger charge is 2.41. The molecule has 0 aromatic rings. The minimum Gasteiger partial charge on any atom is -0.481 e. The van der Waals surface area contributed by atoms with Gasteiger partial charge in [-0.25, -0.2) is 4.79 Å². The number of allylic oxidation sites excluding steroid dienone is 1. The van der Waals surface area contributed by atoms with E-state index in [1.165, 1.54) is 11.8 Å². The summed E-state index contributed by atoms with van der Waals surface area (Å²) in [5.74, 6) is -9.33. The summed E-state index contributed by atoms with van der Waals surface area (Å²) in [6.45, 7) is 11.9.